The van der Waals surface area contributed by atoms with Crippen LogP contribution in [0.4, 0.5) is 5.69 Å². The van der Waals surface area contributed by atoms with Crippen molar-refractivity contribution in [1.29, 1.82) is 0 Å². The van der Waals surface area contributed by atoms with Gasteiger partial charge in [0.25, 0.3) is 0 Å². The molecule has 4 aromatic rings. The summed E-state index contributed by atoms with van der Waals surface area (Å²) >= 11 is -0.686. The van der Waals surface area contributed by atoms with E-state index in [1.807, 2.05) is 0 Å². The van der Waals surface area contributed by atoms with Crippen molar-refractivity contribution in [3.8, 4) is 0 Å². The van der Waals surface area contributed by atoms with Gasteiger partial charge >= 0.3 is 209 Å². The van der Waals surface area contributed by atoms with E-state index in [2.05, 4.69) is 129 Å². The molecule has 4 rings (SSSR count). The van der Waals surface area contributed by atoms with Crippen LogP contribution in [-0.4, -0.2) is 24.7 Å². The second-order valence-corrected chi connectivity index (χ2v) is 11.4. The molecule has 33 heavy (non-hydrogen) atoms. The van der Waals surface area contributed by atoms with E-state index < -0.39 is 20.9 Å². The Kier molecular flexibility index (Phi) is 8.13. The number of aryl methyl sites for hydroxylation is 3. The Bertz CT molecular complexity index is 1180. The fourth-order valence-electron chi connectivity index (χ4n) is 3.77. The van der Waals surface area contributed by atoms with E-state index >= 15 is 0 Å². The summed E-state index contributed by atoms with van der Waals surface area (Å²) in [6.45, 7) is 7.25. The molecular formula is C30H30N2Te. The van der Waals surface area contributed by atoms with Crippen LogP contribution in [0.15, 0.2) is 108 Å². The standard InChI is InChI=1S/C30H30N2Te/c1-22-17-19-26(20-18-22)29(31-21-25-13-6-4-7-14-25)30(33-27-15-8-5-9-16-27)32-28-23(2)11-10-12-24(28)3/h4-20,29,31H,21H2,1-3H3. The molecule has 0 heterocycles. The third-order valence-electron chi connectivity index (χ3n) is 5.64. The van der Waals surface area contributed by atoms with Gasteiger partial charge in [-0.1, -0.05) is 0 Å². The fraction of sp³-hybridized carbons (Fsp3) is 0.167. The summed E-state index contributed by atoms with van der Waals surface area (Å²) in [4.78, 5) is 5.38. The topological polar surface area (TPSA) is 24.4 Å². The van der Waals surface area contributed by atoms with Crippen LogP contribution in [-0.2, 0) is 6.54 Å². The second kappa shape index (κ2) is 11.4. The Morgan fingerprint density at radius 2 is 1.33 bits per heavy atom. The molecule has 0 radical (unpaired) electrons. The minimum absolute atomic E-state index is 0.0624. The van der Waals surface area contributed by atoms with E-state index in [0.717, 1.165) is 12.2 Å². The summed E-state index contributed by atoms with van der Waals surface area (Å²) in [6, 6.07) is 36.8. The van der Waals surface area contributed by atoms with Crippen molar-refractivity contribution in [1.82, 2.24) is 5.32 Å². The van der Waals surface area contributed by atoms with Gasteiger partial charge in [0.2, 0.25) is 0 Å². The van der Waals surface area contributed by atoms with Gasteiger partial charge in [0.1, 0.15) is 0 Å². The molecule has 1 atom stereocenters. The zero-order valence-electron chi connectivity index (χ0n) is 19.5. The number of hydrogen-bond donors (Lipinski definition) is 1. The molecule has 0 aliphatic rings. The third-order valence-corrected chi connectivity index (χ3v) is 8.62. The average molecular weight is 546 g/mol. The number of rotatable bonds is 8. The molecule has 0 aliphatic heterocycles. The van der Waals surface area contributed by atoms with Gasteiger partial charge in [0.15, 0.2) is 0 Å². The van der Waals surface area contributed by atoms with E-state index in [4.69, 9.17) is 4.99 Å². The van der Waals surface area contributed by atoms with Crippen LogP contribution in [0.2, 0.25) is 0 Å². The van der Waals surface area contributed by atoms with E-state index in [0.29, 0.717) is 0 Å². The second-order valence-electron chi connectivity index (χ2n) is 8.32. The fourth-order valence-corrected chi connectivity index (χ4v) is 6.65. The van der Waals surface area contributed by atoms with Crippen LogP contribution < -0.4 is 8.93 Å². The summed E-state index contributed by atoms with van der Waals surface area (Å²) in [6.07, 6.45) is 0. The molecule has 3 heteroatoms. The molecule has 1 unspecified atom stereocenters. The molecule has 0 fully saturated rings. The maximum absolute atomic E-state index is 5.38. The first-order chi connectivity index (χ1) is 16.1. The Balaban J connectivity index is 1.78. The Morgan fingerprint density at radius 1 is 0.727 bits per heavy atom. The maximum atomic E-state index is 5.38. The van der Waals surface area contributed by atoms with Crippen molar-refractivity contribution in [3.05, 3.63) is 131 Å². The van der Waals surface area contributed by atoms with Gasteiger partial charge in [0.05, 0.1) is 0 Å². The molecule has 0 bridgehead atoms. The van der Waals surface area contributed by atoms with Gasteiger partial charge in [-0.05, 0) is 0 Å². The van der Waals surface area contributed by atoms with Crippen molar-refractivity contribution in [2.24, 2.45) is 4.99 Å². The molecule has 0 spiro atoms. The number of benzene rings is 4. The van der Waals surface area contributed by atoms with Gasteiger partial charge in [-0.2, -0.15) is 0 Å². The van der Waals surface area contributed by atoms with Crippen LogP contribution in [0.1, 0.15) is 33.9 Å². The quantitative estimate of drug-likeness (QED) is 0.207. The van der Waals surface area contributed by atoms with E-state index in [1.54, 1.807) is 0 Å². The van der Waals surface area contributed by atoms with E-state index in [9.17, 15) is 0 Å². The normalized spacial score (nSPS) is 12.5. The first kappa shape index (κ1) is 23.5. The molecule has 2 nitrogen and oxygen atoms in total. The Morgan fingerprint density at radius 3 is 1.97 bits per heavy atom. The number of aliphatic imine (C=N–C) groups is 1. The summed E-state index contributed by atoms with van der Waals surface area (Å²) < 4.78 is 2.65. The average Bonchev–Trinajstić information content (AvgIpc) is 2.84. The van der Waals surface area contributed by atoms with Crippen molar-refractivity contribution in [2.45, 2.75) is 33.4 Å². The third kappa shape index (κ3) is 6.42. The molecule has 1 N–H and O–H groups in total. The van der Waals surface area contributed by atoms with Crippen molar-refractivity contribution in [2.75, 3.05) is 0 Å². The van der Waals surface area contributed by atoms with Crippen molar-refractivity contribution >= 4 is 34.0 Å². The van der Waals surface area contributed by atoms with Crippen molar-refractivity contribution in [3.63, 3.8) is 0 Å². The summed E-state index contributed by atoms with van der Waals surface area (Å²) in [5, 5.41) is 3.85. The van der Waals surface area contributed by atoms with Crippen LogP contribution in [0.5, 0.6) is 0 Å². The first-order valence-electron chi connectivity index (χ1n) is 11.3. The Hall–Kier alpha value is -2.70. The van der Waals surface area contributed by atoms with E-state index in [1.165, 1.54) is 35.2 Å². The predicted octanol–water partition coefficient (Wildman–Crippen LogP) is 6.20. The van der Waals surface area contributed by atoms with Gasteiger partial charge < -0.3 is 0 Å². The number of nitrogens with zero attached hydrogens (tertiary/aromatic N) is 1. The molecule has 0 amide bonds. The van der Waals surface area contributed by atoms with Gasteiger partial charge in [-0.15, -0.1) is 0 Å². The monoisotopic (exact) mass is 548 g/mol. The molecule has 0 aromatic heterocycles. The number of para-hydroxylation sites is 1. The molecule has 0 saturated heterocycles. The zero-order valence-corrected chi connectivity index (χ0v) is 21.8. The summed E-state index contributed by atoms with van der Waals surface area (Å²) in [7, 11) is 0. The molecular weight excluding hydrogens is 516 g/mol. The van der Waals surface area contributed by atoms with Gasteiger partial charge in [0, 0.05) is 0 Å². The van der Waals surface area contributed by atoms with Gasteiger partial charge in [-0.3, -0.25) is 0 Å². The van der Waals surface area contributed by atoms with Crippen LogP contribution >= 0.6 is 0 Å². The molecule has 166 valence electrons. The minimum atomic E-state index is -0.686. The number of nitrogens with one attached hydrogen (secondary N) is 1. The van der Waals surface area contributed by atoms with E-state index in [-0.39, 0.29) is 6.04 Å². The first-order valence-corrected chi connectivity index (χ1v) is 13.6. The van der Waals surface area contributed by atoms with Crippen LogP contribution in [0.25, 0.3) is 0 Å². The molecule has 0 aliphatic carbocycles. The van der Waals surface area contributed by atoms with Gasteiger partial charge in [-0.25, -0.2) is 0 Å². The summed E-state index contributed by atoms with van der Waals surface area (Å²) in [5.74, 6) is 0. The number of hydrogen-bond acceptors (Lipinski definition) is 2. The van der Waals surface area contributed by atoms with Crippen molar-refractivity contribution < 1.29 is 0 Å². The molecule has 0 saturated carbocycles. The summed E-state index contributed by atoms with van der Waals surface area (Å²) in [5.41, 5.74) is 7.36. The van der Waals surface area contributed by atoms with Crippen LogP contribution in [0.3, 0.4) is 0 Å². The molecule has 4 aromatic carbocycles. The zero-order chi connectivity index (χ0) is 23.0. The Labute approximate surface area is 207 Å². The SMILES string of the molecule is Cc1ccc(C(NCc2ccccc2)C(=Nc2c(C)cccc2C)[Te]c2ccccc2)cc1. The van der Waals surface area contributed by atoms with Crippen LogP contribution in [0, 0.1) is 20.8 Å². The predicted molar refractivity (Wildman–Crippen MR) is 142 cm³/mol.